The summed E-state index contributed by atoms with van der Waals surface area (Å²) in [4.78, 5) is 22.6. The second-order valence-electron chi connectivity index (χ2n) is 6.83. The third kappa shape index (κ3) is 4.20. The zero-order valence-electron chi connectivity index (χ0n) is 16.1. The lowest BCUT2D eigenvalue weighted by atomic mass is 10.2. The summed E-state index contributed by atoms with van der Waals surface area (Å²) in [5.41, 5.74) is -0.272. The summed E-state index contributed by atoms with van der Waals surface area (Å²) in [5, 5.41) is 14.3. The van der Waals surface area contributed by atoms with Crippen molar-refractivity contribution in [1.29, 1.82) is 0 Å². The number of benzene rings is 2. The molecule has 1 aromatic heterocycles. The van der Waals surface area contributed by atoms with Gasteiger partial charge in [-0.3, -0.25) is 10.1 Å². The summed E-state index contributed by atoms with van der Waals surface area (Å²) in [6, 6.07) is 9.13. The standard InChI is InChI=1S/C20H17F3N6O2/c21-13-5-6-14(22)16(11-13)26-19-18(29(30)31)20(25-12-24-19)28-9-7-27(8-10-28)17-4-2-1-3-15(17)23/h1-6,11-12H,7-10H2,(H,24,25,26). The van der Waals surface area contributed by atoms with Crippen LogP contribution in [0.4, 0.5) is 41.9 Å². The van der Waals surface area contributed by atoms with E-state index >= 15 is 0 Å². The van der Waals surface area contributed by atoms with Gasteiger partial charge in [-0.1, -0.05) is 12.1 Å². The van der Waals surface area contributed by atoms with Crippen molar-refractivity contribution in [3.63, 3.8) is 0 Å². The maximum Gasteiger partial charge on any atom is 0.353 e. The van der Waals surface area contributed by atoms with Gasteiger partial charge in [0.15, 0.2) is 0 Å². The van der Waals surface area contributed by atoms with Crippen LogP contribution in [-0.4, -0.2) is 41.1 Å². The predicted molar refractivity (Wildman–Crippen MR) is 109 cm³/mol. The van der Waals surface area contributed by atoms with Crippen LogP contribution in [0.25, 0.3) is 0 Å². The fourth-order valence-electron chi connectivity index (χ4n) is 3.45. The van der Waals surface area contributed by atoms with E-state index in [4.69, 9.17) is 0 Å². The third-order valence-corrected chi connectivity index (χ3v) is 4.94. The van der Waals surface area contributed by atoms with E-state index in [0.717, 1.165) is 24.5 Å². The lowest BCUT2D eigenvalue weighted by Crippen LogP contribution is -2.47. The van der Waals surface area contributed by atoms with Crippen LogP contribution in [0, 0.1) is 27.6 Å². The van der Waals surface area contributed by atoms with Crippen molar-refractivity contribution in [2.24, 2.45) is 0 Å². The molecule has 11 heteroatoms. The van der Waals surface area contributed by atoms with Gasteiger partial charge in [0, 0.05) is 32.2 Å². The number of rotatable bonds is 5. The minimum Gasteiger partial charge on any atom is -0.366 e. The SMILES string of the molecule is O=[N+]([O-])c1c(Nc2cc(F)ccc2F)ncnc1N1CCN(c2ccccc2F)CC1. The number of nitro groups is 1. The molecule has 3 aromatic rings. The molecule has 1 saturated heterocycles. The van der Waals surface area contributed by atoms with Crippen molar-refractivity contribution in [2.75, 3.05) is 41.3 Å². The van der Waals surface area contributed by atoms with Crippen LogP contribution in [0.5, 0.6) is 0 Å². The Morgan fingerprint density at radius 3 is 2.35 bits per heavy atom. The molecule has 1 aliphatic rings. The van der Waals surface area contributed by atoms with Gasteiger partial charge in [0.25, 0.3) is 0 Å². The number of aromatic nitrogens is 2. The smallest absolute Gasteiger partial charge is 0.353 e. The Morgan fingerprint density at radius 2 is 1.65 bits per heavy atom. The zero-order valence-corrected chi connectivity index (χ0v) is 16.1. The van der Waals surface area contributed by atoms with E-state index in [1.165, 1.54) is 6.07 Å². The molecule has 0 spiro atoms. The van der Waals surface area contributed by atoms with Crippen LogP contribution in [-0.2, 0) is 0 Å². The van der Waals surface area contributed by atoms with Crippen molar-refractivity contribution in [1.82, 2.24) is 9.97 Å². The summed E-state index contributed by atoms with van der Waals surface area (Å²) < 4.78 is 41.5. The normalized spacial score (nSPS) is 13.9. The van der Waals surface area contributed by atoms with Gasteiger partial charge in [-0.2, -0.15) is 0 Å². The molecule has 1 aliphatic heterocycles. The number of nitrogens with zero attached hydrogens (tertiary/aromatic N) is 5. The van der Waals surface area contributed by atoms with Crippen LogP contribution in [0.15, 0.2) is 48.8 Å². The average Bonchev–Trinajstić information content (AvgIpc) is 2.76. The van der Waals surface area contributed by atoms with Crippen LogP contribution in [0.2, 0.25) is 0 Å². The number of para-hydroxylation sites is 1. The number of nitrogens with one attached hydrogen (secondary N) is 1. The molecule has 1 N–H and O–H groups in total. The van der Waals surface area contributed by atoms with Crippen molar-refractivity contribution in [3.8, 4) is 0 Å². The van der Waals surface area contributed by atoms with Gasteiger partial charge in [0.1, 0.15) is 23.8 Å². The van der Waals surface area contributed by atoms with Gasteiger partial charge in [0.2, 0.25) is 11.6 Å². The Morgan fingerprint density at radius 1 is 0.935 bits per heavy atom. The molecule has 8 nitrogen and oxygen atoms in total. The molecule has 2 heterocycles. The summed E-state index contributed by atoms with van der Waals surface area (Å²) in [5.74, 6) is -2.03. The highest BCUT2D eigenvalue weighted by atomic mass is 19.1. The molecule has 2 aromatic carbocycles. The average molecular weight is 430 g/mol. The van der Waals surface area contributed by atoms with Crippen LogP contribution in [0.3, 0.4) is 0 Å². The topological polar surface area (TPSA) is 87.4 Å². The van der Waals surface area contributed by atoms with E-state index in [-0.39, 0.29) is 23.1 Å². The molecular formula is C20H17F3N6O2. The Balaban J connectivity index is 1.59. The van der Waals surface area contributed by atoms with Gasteiger partial charge in [0.05, 0.1) is 16.3 Å². The number of hydrogen-bond donors (Lipinski definition) is 1. The largest absolute Gasteiger partial charge is 0.366 e. The highest BCUT2D eigenvalue weighted by Gasteiger charge is 2.30. The van der Waals surface area contributed by atoms with E-state index in [2.05, 4.69) is 15.3 Å². The van der Waals surface area contributed by atoms with Gasteiger partial charge >= 0.3 is 5.69 Å². The first-order valence-corrected chi connectivity index (χ1v) is 9.40. The van der Waals surface area contributed by atoms with E-state index < -0.39 is 22.2 Å². The lowest BCUT2D eigenvalue weighted by molar-refractivity contribution is -0.383. The lowest BCUT2D eigenvalue weighted by Gasteiger charge is -2.36. The maximum atomic E-state index is 14.1. The summed E-state index contributed by atoms with van der Waals surface area (Å²) >= 11 is 0. The highest BCUT2D eigenvalue weighted by Crippen LogP contribution is 2.35. The highest BCUT2D eigenvalue weighted by molar-refractivity contribution is 5.75. The molecule has 0 aliphatic carbocycles. The summed E-state index contributed by atoms with van der Waals surface area (Å²) in [7, 11) is 0. The first-order chi connectivity index (χ1) is 14.9. The number of anilines is 4. The van der Waals surface area contributed by atoms with Gasteiger partial charge in [-0.05, 0) is 24.3 Å². The van der Waals surface area contributed by atoms with E-state index in [1.54, 1.807) is 23.1 Å². The van der Waals surface area contributed by atoms with Crippen LogP contribution in [0.1, 0.15) is 0 Å². The first-order valence-electron chi connectivity index (χ1n) is 9.40. The quantitative estimate of drug-likeness (QED) is 0.486. The Hall–Kier alpha value is -3.89. The molecule has 0 radical (unpaired) electrons. The molecule has 31 heavy (non-hydrogen) atoms. The molecular weight excluding hydrogens is 413 g/mol. The Kier molecular flexibility index (Phi) is 5.56. The second-order valence-corrected chi connectivity index (χ2v) is 6.83. The molecule has 0 bridgehead atoms. The fraction of sp³-hybridized carbons (Fsp3) is 0.200. The van der Waals surface area contributed by atoms with E-state index in [0.29, 0.717) is 31.9 Å². The minimum absolute atomic E-state index is 0.0486. The van der Waals surface area contributed by atoms with E-state index in [9.17, 15) is 23.3 Å². The number of halogens is 3. The second kappa shape index (κ2) is 8.46. The minimum atomic E-state index is -0.783. The van der Waals surface area contributed by atoms with Crippen LogP contribution < -0.4 is 15.1 Å². The molecule has 0 amide bonds. The number of hydrogen-bond acceptors (Lipinski definition) is 7. The molecule has 0 unspecified atom stereocenters. The van der Waals surface area contributed by atoms with Crippen molar-refractivity contribution in [3.05, 3.63) is 76.4 Å². The van der Waals surface area contributed by atoms with Gasteiger partial charge in [-0.15, -0.1) is 0 Å². The predicted octanol–water partition coefficient (Wildman–Crippen LogP) is 3.87. The van der Waals surface area contributed by atoms with Gasteiger partial charge < -0.3 is 15.1 Å². The monoisotopic (exact) mass is 430 g/mol. The molecule has 0 saturated carbocycles. The first kappa shape index (κ1) is 20.4. The van der Waals surface area contributed by atoms with Crippen LogP contribution >= 0.6 is 0 Å². The van der Waals surface area contributed by atoms with E-state index in [1.807, 2.05) is 4.90 Å². The zero-order chi connectivity index (χ0) is 22.0. The third-order valence-electron chi connectivity index (χ3n) is 4.94. The van der Waals surface area contributed by atoms with Gasteiger partial charge in [-0.25, -0.2) is 23.1 Å². The summed E-state index contributed by atoms with van der Waals surface area (Å²) in [6.07, 6.45) is 1.12. The Labute approximate surface area is 175 Å². The Bertz CT molecular complexity index is 1120. The fourth-order valence-corrected chi connectivity index (χ4v) is 3.45. The van der Waals surface area contributed by atoms with Crippen molar-refractivity contribution < 1.29 is 18.1 Å². The molecule has 4 rings (SSSR count). The maximum absolute atomic E-state index is 14.1. The molecule has 0 atom stereocenters. The van der Waals surface area contributed by atoms with Crippen molar-refractivity contribution >= 4 is 28.7 Å². The molecule has 1 fully saturated rings. The number of piperazine rings is 1. The van der Waals surface area contributed by atoms with Crippen molar-refractivity contribution in [2.45, 2.75) is 0 Å². The summed E-state index contributed by atoms with van der Waals surface area (Å²) in [6.45, 7) is 1.53. The molecule has 160 valence electrons.